The first-order chi connectivity index (χ1) is 13.1. The first kappa shape index (κ1) is 25.1. The molecular weight excluding hydrogens is 346 g/mol. The second-order valence-electron chi connectivity index (χ2n) is 6.62. The maximum atomic E-state index is 7.66. The van der Waals surface area contributed by atoms with E-state index in [0.717, 1.165) is 28.2 Å². The molecule has 0 aromatic carbocycles. The molecule has 0 spiro atoms. The van der Waals surface area contributed by atoms with Gasteiger partial charge in [0.1, 0.15) is 5.82 Å². The van der Waals surface area contributed by atoms with E-state index in [1.165, 1.54) is 25.3 Å². The molecule has 0 saturated carbocycles. The number of hydrogen-bond donors (Lipinski definition) is 3. The third kappa shape index (κ3) is 7.35. The Labute approximate surface area is 170 Å². The van der Waals surface area contributed by atoms with Gasteiger partial charge in [-0.2, -0.15) is 0 Å². The molecule has 152 valence electrons. The third-order valence-corrected chi connectivity index (χ3v) is 4.37. The minimum Gasteiger partial charge on any atom is -0.399 e. The molecule has 0 radical (unpaired) electrons. The predicted molar refractivity (Wildman–Crippen MR) is 124 cm³/mol. The fraction of sp³-hybridized carbons (Fsp3) is 0.348. The van der Waals surface area contributed by atoms with Crippen molar-refractivity contribution >= 4 is 23.6 Å². The Hall–Kier alpha value is -2.95. The van der Waals surface area contributed by atoms with E-state index in [0.29, 0.717) is 16.8 Å². The molecule has 0 aliphatic rings. The van der Waals surface area contributed by atoms with E-state index in [1.807, 2.05) is 38.6 Å². The summed E-state index contributed by atoms with van der Waals surface area (Å²) in [7, 11) is 1.91. The summed E-state index contributed by atoms with van der Waals surface area (Å²) >= 11 is 0. The maximum absolute atomic E-state index is 7.66. The molecule has 0 bridgehead atoms. The van der Waals surface area contributed by atoms with Gasteiger partial charge in [-0.15, -0.1) is 0 Å². The van der Waals surface area contributed by atoms with Crippen LogP contribution in [0.2, 0.25) is 0 Å². The topological polar surface area (TPSA) is 91.5 Å². The summed E-state index contributed by atoms with van der Waals surface area (Å²) in [6, 6.07) is 0. The molecule has 1 aromatic rings. The minimum atomic E-state index is 0.399. The summed E-state index contributed by atoms with van der Waals surface area (Å²) in [5, 5.41) is 15.0. The van der Waals surface area contributed by atoms with E-state index in [-0.39, 0.29) is 0 Å². The van der Waals surface area contributed by atoms with Gasteiger partial charge in [-0.05, 0) is 43.1 Å². The number of nitrogens with zero attached hydrogens (tertiary/aromatic N) is 2. The van der Waals surface area contributed by atoms with Crippen LogP contribution >= 0.6 is 0 Å². The van der Waals surface area contributed by atoms with Gasteiger partial charge in [-0.25, -0.2) is 4.98 Å². The average molecular weight is 382 g/mol. The van der Waals surface area contributed by atoms with Crippen molar-refractivity contribution in [1.82, 2.24) is 9.55 Å². The summed E-state index contributed by atoms with van der Waals surface area (Å²) in [5.41, 5.74) is 10.8. The van der Waals surface area contributed by atoms with Crippen molar-refractivity contribution in [3.63, 3.8) is 0 Å². The van der Waals surface area contributed by atoms with Gasteiger partial charge in [0.05, 0.1) is 5.69 Å². The van der Waals surface area contributed by atoms with Crippen LogP contribution in [0.3, 0.4) is 0 Å². The van der Waals surface area contributed by atoms with Crippen molar-refractivity contribution in [3.05, 3.63) is 65.4 Å². The number of imidazole rings is 1. The molecule has 1 aromatic heterocycles. The quantitative estimate of drug-likeness (QED) is 0.399. The highest BCUT2D eigenvalue weighted by Gasteiger charge is 2.11. The Kier molecular flexibility index (Phi) is 11.1. The van der Waals surface area contributed by atoms with Gasteiger partial charge in [0.2, 0.25) is 0 Å². The lowest BCUT2D eigenvalue weighted by atomic mass is 10.1. The van der Waals surface area contributed by atoms with Gasteiger partial charge >= 0.3 is 0 Å². The molecular formula is C23H35N5. The molecule has 0 atom stereocenters. The normalized spacial score (nSPS) is 12.5. The first-order valence-electron chi connectivity index (χ1n) is 9.39. The fourth-order valence-electron chi connectivity index (χ4n) is 2.01. The smallest absolute Gasteiger partial charge is 0.136 e. The van der Waals surface area contributed by atoms with Crippen LogP contribution in [0.25, 0.3) is 11.1 Å². The molecule has 5 heteroatoms. The van der Waals surface area contributed by atoms with Gasteiger partial charge < -0.3 is 21.1 Å². The lowest BCUT2D eigenvalue weighted by Crippen LogP contribution is -1.98. The van der Waals surface area contributed by atoms with Crippen LogP contribution in [0, 0.1) is 10.8 Å². The van der Waals surface area contributed by atoms with Crippen LogP contribution in [-0.4, -0.2) is 22.0 Å². The van der Waals surface area contributed by atoms with E-state index in [4.69, 9.17) is 16.6 Å². The van der Waals surface area contributed by atoms with Crippen molar-refractivity contribution < 1.29 is 0 Å². The van der Waals surface area contributed by atoms with Gasteiger partial charge in [-0.1, -0.05) is 52.0 Å². The van der Waals surface area contributed by atoms with Crippen LogP contribution in [0.1, 0.15) is 59.0 Å². The summed E-state index contributed by atoms with van der Waals surface area (Å²) in [5.74, 6) is 0.766. The second-order valence-corrected chi connectivity index (χ2v) is 6.62. The van der Waals surface area contributed by atoms with Crippen molar-refractivity contribution in [2.24, 2.45) is 12.8 Å². The average Bonchev–Trinajstić information content (AvgIpc) is 3.08. The Morgan fingerprint density at radius 2 is 1.64 bits per heavy atom. The summed E-state index contributed by atoms with van der Waals surface area (Å²) in [6.07, 6.45) is 10.7. The highest BCUT2D eigenvalue weighted by molar-refractivity contribution is 5.92. The summed E-state index contributed by atoms with van der Waals surface area (Å²) in [6.45, 7) is 17.6. The number of rotatable bonds is 8. The molecule has 0 unspecified atom stereocenters. The predicted octanol–water partition coefficient (Wildman–Crippen LogP) is 5.68. The number of aromatic nitrogens is 2. The Morgan fingerprint density at radius 3 is 2.07 bits per heavy atom. The number of nitrogens with one attached hydrogen (secondary N) is 2. The van der Waals surface area contributed by atoms with Crippen LogP contribution in [0.4, 0.5) is 0 Å². The molecule has 0 aliphatic carbocycles. The highest BCUT2D eigenvalue weighted by Crippen LogP contribution is 2.22. The lowest BCUT2D eigenvalue weighted by molar-refractivity contribution is 0.886. The standard InChI is InChI=1S/C19H25N5.C4H10/c1-12(16(5)22)7-8-17(10-21)15(4)19-23-18(11-24(19)6)14(3)13(2)9-20;1-3-4-2/h7-11,20-21H,1,5,22H2,2-4,6H3;3-4H2,1-2H3/b8-7-,14-13+,17-15-,20-9?,21-10?;. The van der Waals surface area contributed by atoms with E-state index >= 15 is 0 Å². The van der Waals surface area contributed by atoms with Crippen LogP contribution in [0.5, 0.6) is 0 Å². The molecule has 28 heavy (non-hydrogen) atoms. The molecule has 1 heterocycles. The summed E-state index contributed by atoms with van der Waals surface area (Å²) in [4.78, 5) is 4.65. The molecule has 5 nitrogen and oxygen atoms in total. The number of aryl methyl sites for hydroxylation is 1. The monoisotopic (exact) mass is 381 g/mol. The van der Waals surface area contributed by atoms with Crippen LogP contribution in [-0.2, 0) is 7.05 Å². The molecule has 0 fully saturated rings. The van der Waals surface area contributed by atoms with Gasteiger partial charge in [0.25, 0.3) is 0 Å². The van der Waals surface area contributed by atoms with Gasteiger partial charge in [0, 0.05) is 36.9 Å². The second kappa shape index (κ2) is 12.4. The third-order valence-electron chi connectivity index (χ3n) is 4.37. The van der Waals surface area contributed by atoms with E-state index in [1.54, 1.807) is 12.2 Å². The number of nitrogens with two attached hydrogens (primary N) is 1. The lowest BCUT2D eigenvalue weighted by Gasteiger charge is -2.05. The zero-order valence-electron chi connectivity index (χ0n) is 18.2. The van der Waals surface area contributed by atoms with Crippen molar-refractivity contribution in [2.75, 3.05) is 0 Å². The van der Waals surface area contributed by atoms with Gasteiger partial charge in [-0.3, -0.25) is 0 Å². The Morgan fingerprint density at radius 1 is 1.07 bits per heavy atom. The van der Waals surface area contributed by atoms with Gasteiger partial charge in [0.15, 0.2) is 0 Å². The van der Waals surface area contributed by atoms with E-state index in [2.05, 4.69) is 32.0 Å². The number of unbranched alkanes of at least 4 members (excludes halogenated alkanes) is 1. The SMILES string of the molecule is C=C(N)C(=C)/C=C\C(C=N)=C(/C)c1nc(/C(C)=C(\C)C=N)cn1C.CCCC. The van der Waals surface area contributed by atoms with Crippen molar-refractivity contribution in [2.45, 2.75) is 47.5 Å². The fourth-order valence-corrected chi connectivity index (χ4v) is 2.01. The Bertz CT molecular complexity index is 814. The molecule has 0 amide bonds. The zero-order valence-corrected chi connectivity index (χ0v) is 18.2. The number of allylic oxidation sites excluding steroid dienone is 6. The van der Waals surface area contributed by atoms with Crippen LogP contribution < -0.4 is 5.73 Å². The number of hydrogen-bond acceptors (Lipinski definition) is 4. The minimum absolute atomic E-state index is 0.399. The van der Waals surface area contributed by atoms with E-state index in [9.17, 15) is 0 Å². The highest BCUT2D eigenvalue weighted by atomic mass is 15.0. The molecule has 0 saturated heterocycles. The summed E-state index contributed by atoms with van der Waals surface area (Å²) < 4.78 is 1.92. The van der Waals surface area contributed by atoms with Crippen molar-refractivity contribution in [1.29, 1.82) is 10.8 Å². The largest absolute Gasteiger partial charge is 0.399 e. The Balaban J connectivity index is 0.00000165. The molecule has 0 aliphatic heterocycles. The van der Waals surface area contributed by atoms with E-state index < -0.39 is 0 Å². The zero-order chi connectivity index (χ0) is 21.9. The molecule has 1 rings (SSSR count). The van der Waals surface area contributed by atoms with Crippen molar-refractivity contribution in [3.8, 4) is 0 Å². The van der Waals surface area contributed by atoms with Crippen LogP contribution in [0.15, 0.2) is 53.9 Å². The first-order valence-corrected chi connectivity index (χ1v) is 9.39. The maximum Gasteiger partial charge on any atom is 0.136 e. The molecule has 4 N–H and O–H groups in total.